The predicted molar refractivity (Wildman–Crippen MR) is 144 cm³/mol. The lowest BCUT2D eigenvalue weighted by Gasteiger charge is -2.30. The topological polar surface area (TPSA) is 72.5 Å². The highest BCUT2D eigenvalue weighted by Crippen LogP contribution is 2.37. The Morgan fingerprint density at radius 1 is 0.977 bits per heavy atom. The summed E-state index contributed by atoms with van der Waals surface area (Å²) < 4.78 is 99.5. The molecule has 0 spiro atoms. The summed E-state index contributed by atoms with van der Waals surface area (Å²) in [6, 6.07) is 5.11. The SMILES string of the molecule is CC(C)(C)C(=O)CCc1ccc(F)c(C(=O)Cc2ccc(OCC(F)F)c(C(=O)NC3CCC(C(F)(F)F)CC3)c2)c1F. The molecule has 0 bridgehead atoms. The fourth-order valence-electron chi connectivity index (χ4n) is 4.91. The molecule has 1 N–H and O–H groups in total. The molecule has 12 heteroatoms. The standard InChI is InChI=1S/C31H34F7NO4/c1-30(2,3)25(41)13-6-18-5-11-22(32)27(28(18)35)23(40)15-17-4-12-24(43-16-26(33)34)21(14-17)29(42)39-20-9-7-19(8-10-20)31(36,37)38/h4-5,11-12,14,19-20,26H,6-10,13,15-16H2,1-3H3,(H,39,42). The smallest absolute Gasteiger partial charge is 0.391 e. The van der Waals surface area contributed by atoms with Crippen molar-refractivity contribution in [2.24, 2.45) is 11.3 Å². The average molecular weight is 618 g/mol. The van der Waals surface area contributed by atoms with Crippen LogP contribution in [0.2, 0.25) is 0 Å². The molecule has 236 valence electrons. The van der Waals surface area contributed by atoms with E-state index < -0.39 is 71.9 Å². The van der Waals surface area contributed by atoms with E-state index in [0.29, 0.717) is 0 Å². The monoisotopic (exact) mass is 617 g/mol. The number of carbonyl (C=O) groups excluding carboxylic acids is 3. The highest BCUT2D eigenvalue weighted by molar-refractivity contribution is 6.00. The summed E-state index contributed by atoms with van der Waals surface area (Å²) in [5, 5.41) is 2.60. The van der Waals surface area contributed by atoms with E-state index in [1.165, 1.54) is 12.1 Å². The highest BCUT2D eigenvalue weighted by atomic mass is 19.4. The van der Waals surface area contributed by atoms with Crippen LogP contribution in [-0.2, 0) is 17.6 Å². The van der Waals surface area contributed by atoms with E-state index in [1.807, 2.05) is 0 Å². The number of nitrogens with one attached hydrogen (secondary N) is 1. The van der Waals surface area contributed by atoms with Gasteiger partial charge in [0.25, 0.3) is 12.3 Å². The van der Waals surface area contributed by atoms with Gasteiger partial charge in [0.2, 0.25) is 0 Å². The zero-order chi connectivity index (χ0) is 32.1. The molecule has 1 amide bonds. The van der Waals surface area contributed by atoms with Gasteiger partial charge in [0.05, 0.1) is 17.0 Å². The van der Waals surface area contributed by atoms with Crippen molar-refractivity contribution >= 4 is 17.5 Å². The van der Waals surface area contributed by atoms with Crippen LogP contribution in [0.5, 0.6) is 5.75 Å². The second-order valence-corrected chi connectivity index (χ2v) is 11.8. The Morgan fingerprint density at radius 3 is 2.21 bits per heavy atom. The third-order valence-electron chi connectivity index (χ3n) is 7.45. The van der Waals surface area contributed by atoms with Gasteiger partial charge in [-0.25, -0.2) is 17.6 Å². The fraction of sp³-hybridized carbons (Fsp3) is 0.516. The van der Waals surface area contributed by atoms with E-state index in [2.05, 4.69) is 5.32 Å². The minimum Gasteiger partial charge on any atom is -0.487 e. The van der Waals surface area contributed by atoms with Crippen LogP contribution >= 0.6 is 0 Å². The van der Waals surface area contributed by atoms with E-state index in [9.17, 15) is 40.7 Å². The Morgan fingerprint density at radius 2 is 1.63 bits per heavy atom. The fourth-order valence-corrected chi connectivity index (χ4v) is 4.91. The largest absolute Gasteiger partial charge is 0.487 e. The first kappa shape index (κ1) is 34.1. The lowest BCUT2D eigenvalue weighted by Crippen LogP contribution is -2.40. The molecule has 1 saturated carbocycles. The maximum Gasteiger partial charge on any atom is 0.391 e. The van der Waals surface area contributed by atoms with Gasteiger partial charge in [-0.2, -0.15) is 13.2 Å². The summed E-state index contributed by atoms with van der Waals surface area (Å²) in [5.41, 5.74) is -1.62. The molecular formula is C31H34F7NO4. The number of hydrogen-bond donors (Lipinski definition) is 1. The lowest BCUT2D eigenvalue weighted by atomic mass is 9.85. The Bertz CT molecular complexity index is 1330. The lowest BCUT2D eigenvalue weighted by molar-refractivity contribution is -0.182. The first-order valence-corrected chi connectivity index (χ1v) is 13.9. The van der Waals surface area contributed by atoms with Gasteiger partial charge < -0.3 is 10.1 Å². The molecule has 0 radical (unpaired) electrons. The molecule has 2 aromatic rings. The number of carbonyl (C=O) groups is 3. The van der Waals surface area contributed by atoms with Crippen molar-refractivity contribution < 1.29 is 49.9 Å². The summed E-state index contributed by atoms with van der Waals surface area (Å²) in [6.07, 6.45) is -8.10. The number of alkyl halides is 5. The zero-order valence-corrected chi connectivity index (χ0v) is 24.1. The summed E-state index contributed by atoms with van der Waals surface area (Å²) in [7, 11) is 0. The molecule has 2 aromatic carbocycles. The number of Topliss-reactive ketones (excluding diaryl/α,β-unsaturated/α-hetero) is 2. The summed E-state index contributed by atoms with van der Waals surface area (Å²) in [4.78, 5) is 38.4. The first-order valence-electron chi connectivity index (χ1n) is 13.9. The van der Waals surface area contributed by atoms with Crippen LogP contribution in [-0.4, -0.2) is 42.7 Å². The molecule has 0 heterocycles. The van der Waals surface area contributed by atoms with Gasteiger partial charge in [-0.1, -0.05) is 32.9 Å². The van der Waals surface area contributed by atoms with Crippen LogP contribution in [0, 0.1) is 23.0 Å². The van der Waals surface area contributed by atoms with Gasteiger partial charge in [-0.3, -0.25) is 14.4 Å². The second-order valence-electron chi connectivity index (χ2n) is 11.8. The van der Waals surface area contributed by atoms with Crippen molar-refractivity contribution in [2.45, 2.75) is 84.4 Å². The Balaban J connectivity index is 1.80. The molecule has 1 aliphatic carbocycles. The van der Waals surface area contributed by atoms with Crippen LogP contribution in [0.25, 0.3) is 0 Å². The van der Waals surface area contributed by atoms with E-state index in [0.717, 1.165) is 18.2 Å². The minimum absolute atomic E-state index is 0.0154. The summed E-state index contributed by atoms with van der Waals surface area (Å²) in [5.74, 6) is -5.85. The number of rotatable bonds is 11. The number of aryl methyl sites for hydroxylation is 1. The average Bonchev–Trinajstić information content (AvgIpc) is 2.91. The Hall–Kier alpha value is -3.44. The van der Waals surface area contributed by atoms with Crippen LogP contribution in [0.3, 0.4) is 0 Å². The third-order valence-corrected chi connectivity index (χ3v) is 7.45. The number of amides is 1. The van der Waals surface area contributed by atoms with Gasteiger partial charge in [-0.05, 0) is 61.4 Å². The molecular weight excluding hydrogens is 583 g/mol. The van der Waals surface area contributed by atoms with E-state index in [-0.39, 0.29) is 66.7 Å². The van der Waals surface area contributed by atoms with Crippen molar-refractivity contribution in [1.82, 2.24) is 5.32 Å². The highest BCUT2D eigenvalue weighted by Gasteiger charge is 2.41. The molecule has 0 aliphatic heterocycles. The van der Waals surface area contributed by atoms with Crippen molar-refractivity contribution in [1.29, 1.82) is 0 Å². The minimum atomic E-state index is -4.34. The van der Waals surface area contributed by atoms with E-state index in [1.54, 1.807) is 20.8 Å². The molecule has 0 atom stereocenters. The number of benzene rings is 2. The Kier molecular flexibility index (Phi) is 11.0. The molecule has 0 aromatic heterocycles. The van der Waals surface area contributed by atoms with Gasteiger partial charge in [-0.15, -0.1) is 0 Å². The molecule has 0 saturated heterocycles. The molecule has 43 heavy (non-hydrogen) atoms. The normalized spacial score (nSPS) is 17.6. The summed E-state index contributed by atoms with van der Waals surface area (Å²) in [6.45, 7) is 4.09. The molecule has 1 fully saturated rings. The van der Waals surface area contributed by atoms with E-state index in [4.69, 9.17) is 4.74 Å². The zero-order valence-electron chi connectivity index (χ0n) is 24.1. The van der Waals surface area contributed by atoms with Gasteiger partial charge >= 0.3 is 6.18 Å². The second kappa shape index (κ2) is 13.9. The number of hydrogen-bond acceptors (Lipinski definition) is 4. The predicted octanol–water partition coefficient (Wildman–Crippen LogP) is 7.43. The van der Waals surface area contributed by atoms with Gasteiger partial charge in [0, 0.05) is 24.3 Å². The number of ketones is 2. The van der Waals surface area contributed by atoms with Gasteiger partial charge in [0.1, 0.15) is 29.8 Å². The molecule has 0 unspecified atom stereocenters. The first-order chi connectivity index (χ1) is 20.0. The molecule has 5 nitrogen and oxygen atoms in total. The third kappa shape index (κ3) is 9.27. The maximum absolute atomic E-state index is 15.2. The maximum atomic E-state index is 15.2. The van der Waals surface area contributed by atoms with Crippen molar-refractivity contribution in [3.05, 3.63) is 64.2 Å². The van der Waals surface area contributed by atoms with E-state index >= 15 is 4.39 Å². The van der Waals surface area contributed by atoms with Crippen LogP contribution in [0.15, 0.2) is 30.3 Å². The van der Waals surface area contributed by atoms with Gasteiger partial charge in [0.15, 0.2) is 5.78 Å². The van der Waals surface area contributed by atoms with Crippen molar-refractivity contribution in [3.63, 3.8) is 0 Å². The van der Waals surface area contributed by atoms with Crippen LogP contribution in [0.4, 0.5) is 30.7 Å². The van der Waals surface area contributed by atoms with Crippen molar-refractivity contribution in [3.8, 4) is 5.75 Å². The van der Waals surface area contributed by atoms with Crippen LogP contribution < -0.4 is 10.1 Å². The number of halogens is 7. The molecule has 1 aliphatic rings. The number of ether oxygens (including phenoxy) is 1. The van der Waals surface area contributed by atoms with Crippen molar-refractivity contribution in [2.75, 3.05) is 6.61 Å². The quantitative estimate of drug-likeness (QED) is 0.210. The summed E-state index contributed by atoms with van der Waals surface area (Å²) >= 11 is 0. The molecule has 3 rings (SSSR count). The van der Waals surface area contributed by atoms with Crippen LogP contribution in [0.1, 0.15) is 84.7 Å². The Labute approximate surface area is 245 Å².